The minimum Gasteiger partial charge on any atom is -0.493 e. The highest BCUT2D eigenvalue weighted by Crippen LogP contribution is 2.33. The first-order valence-electron chi connectivity index (χ1n) is 6.11. The second-order valence-electron chi connectivity index (χ2n) is 4.45. The standard InChI is InChI=1S/C15H17NO4/c1-8-5-10(9(2)20-8)15(17)11-6-13(18-3)14(19-4)7-12(11)16/h5-7H,16H2,1-4H3. The van der Waals surface area contributed by atoms with Crippen LogP contribution in [0, 0.1) is 13.8 Å². The van der Waals surface area contributed by atoms with Crippen LogP contribution in [0.2, 0.25) is 0 Å². The Bertz CT molecular complexity index is 658. The number of benzene rings is 1. The Morgan fingerprint density at radius 1 is 1.05 bits per heavy atom. The predicted molar refractivity (Wildman–Crippen MR) is 75.6 cm³/mol. The van der Waals surface area contributed by atoms with Crippen LogP contribution in [0.25, 0.3) is 0 Å². The maximum Gasteiger partial charge on any atom is 0.198 e. The molecule has 5 nitrogen and oxygen atoms in total. The lowest BCUT2D eigenvalue weighted by Crippen LogP contribution is -2.07. The Kier molecular flexibility index (Phi) is 3.70. The summed E-state index contributed by atoms with van der Waals surface area (Å²) in [6.07, 6.45) is 0. The van der Waals surface area contributed by atoms with Gasteiger partial charge in [-0.1, -0.05) is 0 Å². The van der Waals surface area contributed by atoms with Crippen LogP contribution in [-0.4, -0.2) is 20.0 Å². The van der Waals surface area contributed by atoms with Gasteiger partial charge in [-0.3, -0.25) is 4.79 Å². The maximum atomic E-state index is 12.5. The Morgan fingerprint density at radius 3 is 2.15 bits per heavy atom. The van der Waals surface area contributed by atoms with Gasteiger partial charge in [-0.05, 0) is 26.0 Å². The van der Waals surface area contributed by atoms with E-state index in [2.05, 4.69) is 0 Å². The quantitative estimate of drug-likeness (QED) is 0.686. The molecule has 106 valence electrons. The first-order valence-corrected chi connectivity index (χ1v) is 6.11. The van der Waals surface area contributed by atoms with Crippen LogP contribution < -0.4 is 15.2 Å². The Labute approximate surface area is 117 Å². The fourth-order valence-electron chi connectivity index (χ4n) is 2.09. The molecular weight excluding hydrogens is 258 g/mol. The molecule has 0 amide bonds. The summed E-state index contributed by atoms with van der Waals surface area (Å²) in [5.74, 6) is 2.01. The topological polar surface area (TPSA) is 74.7 Å². The lowest BCUT2D eigenvalue weighted by Gasteiger charge is -2.11. The molecule has 2 aromatic rings. The zero-order valence-electron chi connectivity index (χ0n) is 11.9. The van der Waals surface area contributed by atoms with Crippen molar-refractivity contribution in [1.82, 2.24) is 0 Å². The second kappa shape index (κ2) is 5.28. The molecule has 0 aliphatic carbocycles. The molecule has 0 saturated heterocycles. The molecule has 1 aromatic carbocycles. The minimum absolute atomic E-state index is 0.196. The number of nitrogen functional groups attached to an aromatic ring is 1. The van der Waals surface area contributed by atoms with E-state index in [1.165, 1.54) is 14.2 Å². The number of carbonyl (C=O) groups excluding carboxylic acids is 1. The highest BCUT2D eigenvalue weighted by Gasteiger charge is 2.20. The zero-order chi connectivity index (χ0) is 14.9. The average molecular weight is 275 g/mol. The predicted octanol–water partition coefficient (Wildman–Crippen LogP) is 2.73. The number of furan rings is 1. The van der Waals surface area contributed by atoms with E-state index in [0.29, 0.717) is 39.8 Å². The van der Waals surface area contributed by atoms with Gasteiger partial charge in [-0.15, -0.1) is 0 Å². The third kappa shape index (κ3) is 2.34. The smallest absolute Gasteiger partial charge is 0.198 e. The summed E-state index contributed by atoms with van der Waals surface area (Å²) in [7, 11) is 3.03. The van der Waals surface area contributed by atoms with Crippen molar-refractivity contribution in [3.05, 3.63) is 40.8 Å². The normalized spacial score (nSPS) is 10.4. The van der Waals surface area contributed by atoms with E-state index in [1.54, 1.807) is 32.0 Å². The van der Waals surface area contributed by atoms with Gasteiger partial charge in [0.05, 0.1) is 19.8 Å². The van der Waals surface area contributed by atoms with Crippen molar-refractivity contribution in [3.63, 3.8) is 0 Å². The summed E-state index contributed by atoms with van der Waals surface area (Å²) in [4.78, 5) is 12.5. The van der Waals surface area contributed by atoms with Crippen molar-refractivity contribution in [2.24, 2.45) is 0 Å². The van der Waals surface area contributed by atoms with E-state index < -0.39 is 0 Å². The van der Waals surface area contributed by atoms with Gasteiger partial charge in [0.2, 0.25) is 0 Å². The maximum absolute atomic E-state index is 12.5. The number of nitrogens with two attached hydrogens (primary N) is 1. The van der Waals surface area contributed by atoms with Crippen LogP contribution in [0.15, 0.2) is 22.6 Å². The van der Waals surface area contributed by atoms with Gasteiger partial charge in [0.1, 0.15) is 11.5 Å². The summed E-state index contributed by atoms with van der Waals surface area (Å²) in [5.41, 5.74) is 7.14. The molecule has 5 heteroatoms. The van der Waals surface area contributed by atoms with Crippen LogP contribution in [0.3, 0.4) is 0 Å². The highest BCUT2D eigenvalue weighted by atomic mass is 16.5. The number of methoxy groups -OCH3 is 2. The number of hydrogen-bond donors (Lipinski definition) is 1. The fourth-order valence-corrected chi connectivity index (χ4v) is 2.09. The first kappa shape index (κ1) is 14.0. The number of aryl methyl sites for hydroxylation is 2. The molecule has 0 unspecified atom stereocenters. The monoisotopic (exact) mass is 275 g/mol. The number of anilines is 1. The molecule has 1 heterocycles. The lowest BCUT2D eigenvalue weighted by molar-refractivity contribution is 0.103. The van der Waals surface area contributed by atoms with Crippen molar-refractivity contribution in [3.8, 4) is 11.5 Å². The van der Waals surface area contributed by atoms with E-state index in [9.17, 15) is 4.79 Å². The van der Waals surface area contributed by atoms with Crippen LogP contribution in [0.5, 0.6) is 11.5 Å². The zero-order valence-corrected chi connectivity index (χ0v) is 11.9. The number of hydrogen-bond acceptors (Lipinski definition) is 5. The van der Waals surface area contributed by atoms with E-state index in [1.807, 2.05) is 0 Å². The molecule has 0 bridgehead atoms. The van der Waals surface area contributed by atoms with Gasteiger partial charge in [0.25, 0.3) is 0 Å². The second-order valence-corrected chi connectivity index (χ2v) is 4.45. The van der Waals surface area contributed by atoms with Crippen molar-refractivity contribution >= 4 is 11.5 Å². The third-order valence-electron chi connectivity index (χ3n) is 3.09. The Hall–Kier alpha value is -2.43. The van der Waals surface area contributed by atoms with Crippen LogP contribution >= 0.6 is 0 Å². The molecule has 1 aromatic heterocycles. The molecular formula is C15H17NO4. The molecule has 2 rings (SSSR count). The largest absolute Gasteiger partial charge is 0.493 e. The lowest BCUT2D eigenvalue weighted by atomic mass is 10.0. The number of rotatable bonds is 4. The number of ketones is 1. The van der Waals surface area contributed by atoms with E-state index in [0.717, 1.165) is 0 Å². The molecule has 0 aliphatic rings. The van der Waals surface area contributed by atoms with Crippen LogP contribution in [-0.2, 0) is 0 Å². The summed E-state index contributed by atoms with van der Waals surface area (Å²) in [6, 6.07) is 4.86. The van der Waals surface area contributed by atoms with Gasteiger partial charge in [0.15, 0.2) is 17.3 Å². The summed E-state index contributed by atoms with van der Waals surface area (Å²) >= 11 is 0. The van der Waals surface area contributed by atoms with Gasteiger partial charge < -0.3 is 19.6 Å². The number of ether oxygens (including phenoxy) is 2. The van der Waals surface area contributed by atoms with Crippen molar-refractivity contribution in [2.75, 3.05) is 20.0 Å². The molecule has 2 N–H and O–H groups in total. The molecule has 0 saturated carbocycles. The van der Waals surface area contributed by atoms with Crippen LogP contribution in [0.1, 0.15) is 27.4 Å². The SMILES string of the molecule is COc1cc(N)c(C(=O)c2cc(C)oc2C)cc1OC. The molecule has 0 spiro atoms. The van der Waals surface area contributed by atoms with Crippen LogP contribution in [0.4, 0.5) is 5.69 Å². The molecule has 0 atom stereocenters. The summed E-state index contributed by atoms with van der Waals surface area (Å²) < 4.78 is 15.7. The Morgan fingerprint density at radius 2 is 1.65 bits per heavy atom. The third-order valence-corrected chi connectivity index (χ3v) is 3.09. The highest BCUT2D eigenvalue weighted by molar-refractivity contribution is 6.13. The summed E-state index contributed by atoms with van der Waals surface area (Å²) in [6.45, 7) is 3.54. The number of carbonyl (C=O) groups is 1. The van der Waals surface area contributed by atoms with Gasteiger partial charge >= 0.3 is 0 Å². The molecule has 0 radical (unpaired) electrons. The van der Waals surface area contributed by atoms with Crippen molar-refractivity contribution in [1.29, 1.82) is 0 Å². The average Bonchev–Trinajstić information content (AvgIpc) is 2.76. The minimum atomic E-state index is -0.196. The van der Waals surface area contributed by atoms with Gasteiger partial charge in [0, 0.05) is 17.3 Å². The van der Waals surface area contributed by atoms with E-state index in [-0.39, 0.29) is 5.78 Å². The molecule has 20 heavy (non-hydrogen) atoms. The van der Waals surface area contributed by atoms with E-state index in [4.69, 9.17) is 19.6 Å². The van der Waals surface area contributed by atoms with E-state index >= 15 is 0 Å². The Balaban J connectivity index is 2.52. The van der Waals surface area contributed by atoms with Gasteiger partial charge in [-0.25, -0.2) is 0 Å². The van der Waals surface area contributed by atoms with Crippen molar-refractivity contribution < 1.29 is 18.7 Å². The first-order chi connectivity index (χ1) is 9.47. The van der Waals surface area contributed by atoms with Crippen molar-refractivity contribution in [2.45, 2.75) is 13.8 Å². The summed E-state index contributed by atoms with van der Waals surface area (Å²) in [5, 5.41) is 0. The molecule has 0 fully saturated rings. The fraction of sp³-hybridized carbons (Fsp3) is 0.267. The van der Waals surface area contributed by atoms with Gasteiger partial charge in [-0.2, -0.15) is 0 Å². The molecule has 0 aliphatic heterocycles.